The van der Waals surface area contributed by atoms with Gasteiger partial charge >= 0.3 is 5.97 Å². The Morgan fingerprint density at radius 1 is 1.29 bits per heavy atom. The summed E-state index contributed by atoms with van der Waals surface area (Å²) in [7, 11) is 0. The van der Waals surface area contributed by atoms with E-state index in [-0.39, 0.29) is 11.8 Å². The van der Waals surface area contributed by atoms with Crippen molar-refractivity contribution in [3.05, 3.63) is 0 Å². The van der Waals surface area contributed by atoms with Gasteiger partial charge in [-0.05, 0) is 25.7 Å². The van der Waals surface area contributed by atoms with E-state index in [1.54, 1.807) is 5.01 Å². The van der Waals surface area contributed by atoms with Crippen LogP contribution in [0.5, 0.6) is 0 Å². The van der Waals surface area contributed by atoms with Crippen LogP contribution in [0.1, 0.15) is 25.7 Å². The Bertz CT molecular complexity index is 263. The van der Waals surface area contributed by atoms with Crippen LogP contribution < -0.4 is 5.43 Å². The van der Waals surface area contributed by atoms with Crippen molar-refractivity contribution >= 4 is 11.9 Å². The molecule has 1 heterocycles. The number of rotatable bonds is 3. The first-order valence-corrected chi connectivity index (χ1v) is 4.98. The van der Waals surface area contributed by atoms with Crippen LogP contribution in [0.15, 0.2) is 0 Å². The van der Waals surface area contributed by atoms with Crippen LogP contribution in [0.2, 0.25) is 0 Å². The highest BCUT2D eigenvalue weighted by atomic mass is 16.4. The van der Waals surface area contributed by atoms with Gasteiger partial charge in [-0.15, -0.1) is 0 Å². The molecule has 1 saturated heterocycles. The molecule has 14 heavy (non-hydrogen) atoms. The summed E-state index contributed by atoms with van der Waals surface area (Å²) in [6, 6.07) is -0.530. The van der Waals surface area contributed by atoms with Crippen LogP contribution in [-0.4, -0.2) is 34.6 Å². The minimum Gasteiger partial charge on any atom is -0.480 e. The maximum atomic E-state index is 11.4. The first kappa shape index (κ1) is 9.45. The Kier molecular flexibility index (Phi) is 2.41. The average Bonchev–Trinajstić information content (AvgIpc) is 2.87. The number of carboxylic acids is 1. The fraction of sp³-hybridized carbons (Fsp3) is 0.778. The molecule has 2 fully saturated rings. The smallest absolute Gasteiger partial charge is 0.322 e. The predicted molar refractivity (Wildman–Crippen MR) is 48.2 cm³/mol. The minimum atomic E-state index is -0.849. The standard InChI is InChI=1S/C9H14N2O3/c12-8(6-3-4-6)10-11-5-1-2-7(11)9(13)14/h6-7H,1-5H2,(H,10,12)(H,13,14)/t7-/m0/s1. The van der Waals surface area contributed by atoms with Gasteiger partial charge in [-0.2, -0.15) is 0 Å². The molecule has 0 bridgehead atoms. The first-order valence-electron chi connectivity index (χ1n) is 4.98. The van der Waals surface area contributed by atoms with Gasteiger partial charge in [-0.1, -0.05) is 0 Å². The summed E-state index contributed by atoms with van der Waals surface area (Å²) in [5.74, 6) is -0.734. The van der Waals surface area contributed by atoms with E-state index < -0.39 is 12.0 Å². The molecule has 0 aromatic heterocycles. The largest absolute Gasteiger partial charge is 0.480 e. The number of hydrogen-bond donors (Lipinski definition) is 2. The Hall–Kier alpha value is -1.10. The van der Waals surface area contributed by atoms with Crippen molar-refractivity contribution in [1.82, 2.24) is 10.4 Å². The molecule has 0 unspecified atom stereocenters. The molecule has 1 saturated carbocycles. The van der Waals surface area contributed by atoms with Gasteiger partial charge in [0.15, 0.2) is 0 Å². The number of hydrogen-bond acceptors (Lipinski definition) is 3. The molecule has 5 heteroatoms. The molecular formula is C9H14N2O3. The van der Waals surface area contributed by atoms with E-state index in [0.717, 1.165) is 19.3 Å². The summed E-state index contributed by atoms with van der Waals surface area (Å²) in [6.45, 7) is 0.648. The van der Waals surface area contributed by atoms with Gasteiger partial charge in [-0.3, -0.25) is 15.0 Å². The van der Waals surface area contributed by atoms with Crippen molar-refractivity contribution in [2.24, 2.45) is 5.92 Å². The second-order valence-electron chi connectivity index (χ2n) is 3.94. The molecule has 2 aliphatic rings. The van der Waals surface area contributed by atoms with Gasteiger partial charge in [0.1, 0.15) is 6.04 Å². The van der Waals surface area contributed by atoms with Gasteiger partial charge < -0.3 is 5.11 Å². The number of amides is 1. The average molecular weight is 198 g/mol. The number of nitrogens with one attached hydrogen (secondary N) is 1. The second kappa shape index (κ2) is 3.57. The van der Waals surface area contributed by atoms with Crippen molar-refractivity contribution in [2.45, 2.75) is 31.7 Å². The van der Waals surface area contributed by atoms with E-state index in [1.807, 2.05) is 0 Å². The molecule has 2 N–H and O–H groups in total. The molecule has 2 rings (SSSR count). The van der Waals surface area contributed by atoms with Crippen LogP contribution in [0, 0.1) is 5.92 Å². The SMILES string of the molecule is O=C(NN1CCC[C@H]1C(=O)O)C1CC1. The van der Waals surface area contributed by atoms with E-state index in [4.69, 9.17) is 5.11 Å². The zero-order valence-corrected chi connectivity index (χ0v) is 7.90. The maximum absolute atomic E-state index is 11.4. The zero-order chi connectivity index (χ0) is 10.1. The summed E-state index contributed by atoms with van der Waals surface area (Å²) in [5, 5.41) is 10.4. The zero-order valence-electron chi connectivity index (χ0n) is 7.90. The van der Waals surface area contributed by atoms with Crippen molar-refractivity contribution in [3.63, 3.8) is 0 Å². The summed E-state index contributed by atoms with van der Waals surface area (Å²) in [5.41, 5.74) is 2.69. The number of nitrogens with zero attached hydrogens (tertiary/aromatic N) is 1. The van der Waals surface area contributed by atoms with E-state index >= 15 is 0 Å². The van der Waals surface area contributed by atoms with Gasteiger partial charge in [0.05, 0.1) is 0 Å². The molecule has 1 atom stereocenters. The lowest BCUT2D eigenvalue weighted by Crippen LogP contribution is -2.48. The highest BCUT2D eigenvalue weighted by Gasteiger charge is 2.35. The van der Waals surface area contributed by atoms with Crippen LogP contribution in [0.25, 0.3) is 0 Å². The lowest BCUT2D eigenvalue weighted by Gasteiger charge is -2.21. The summed E-state index contributed by atoms with van der Waals surface area (Å²) in [4.78, 5) is 22.2. The number of aliphatic carboxylic acids is 1. The summed E-state index contributed by atoms with van der Waals surface area (Å²) in [6.07, 6.45) is 3.34. The van der Waals surface area contributed by atoms with Gasteiger partial charge in [0.25, 0.3) is 0 Å². The third kappa shape index (κ3) is 1.87. The molecule has 0 spiro atoms. The molecule has 1 aliphatic carbocycles. The monoisotopic (exact) mass is 198 g/mol. The first-order chi connectivity index (χ1) is 6.68. The number of carbonyl (C=O) groups excluding carboxylic acids is 1. The fourth-order valence-corrected chi connectivity index (χ4v) is 1.74. The molecule has 5 nitrogen and oxygen atoms in total. The Labute approximate surface area is 82.0 Å². The van der Waals surface area contributed by atoms with E-state index in [9.17, 15) is 9.59 Å². The van der Waals surface area contributed by atoms with Crippen molar-refractivity contribution in [3.8, 4) is 0 Å². The predicted octanol–water partition coefficient (Wildman–Crippen LogP) is -0.0234. The molecular weight excluding hydrogens is 184 g/mol. The number of carboxylic acid groups (broad SMARTS) is 1. The minimum absolute atomic E-state index is 0.0156. The van der Waals surface area contributed by atoms with Gasteiger partial charge in [-0.25, -0.2) is 5.01 Å². The van der Waals surface area contributed by atoms with Gasteiger partial charge in [0.2, 0.25) is 5.91 Å². The van der Waals surface area contributed by atoms with E-state index in [1.165, 1.54) is 0 Å². The van der Waals surface area contributed by atoms with E-state index in [2.05, 4.69) is 5.43 Å². The van der Waals surface area contributed by atoms with Crippen molar-refractivity contribution < 1.29 is 14.7 Å². The lowest BCUT2D eigenvalue weighted by molar-refractivity contribution is -0.144. The van der Waals surface area contributed by atoms with Gasteiger partial charge in [0, 0.05) is 12.5 Å². The molecule has 0 radical (unpaired) electrons. The Balaban J connectivity index is 1.89. The molecule has 0 aromatic carbocycles. The highest BCUT2D eigenvalue weighted by molar-refractivity contribution is 5.81. The van der Waals surface area contributed by atoms with Crippen molar-refractivity contribution in [2.75, 3.05) is 6.54 Å². The lowest BCUT2D eigenvalue weighted by atomic mass is 10.2. The summed E-state index contributed by atoms with van der Waals surface area (Å²) < 4.78 is 0. The molecule has 1 amide bonds. The Morgan fingerprint density at radius 3 is 2.57 bits per heavy atom. The summed E-state index contributed by atoms with van der Waals surface area (Å²) >= 11 is 0. The van der Waals surface area contributed by atoms with Crippen LogP contribution in [0.4, 0.5) is 0 Å². The van der Waals surface area contributed by atoms with Crippen LogP contribution in [-0.2, 0) is 9.59 Å². The normalized spacial score (nSPS) is 27.6. The van der Waals surface area contributed by atoms with E-state index in [0.29, 0.717) is 13.0 Å². The Morgan fingerprint density at radius 2 is 2.00 bits per heavy atom. The number of hydrazine groups is 1. The number of carbonyl (C=O) groups is 2. The topological polar surface area (TPSA) is 69.6 Å². The maximum Gasteiger partial charge on any atom is 0.322 e. The molecule has 78 valence electrons. The quantitative estimate of drug-likeness (QED) is 0.668. The third-order valence-electron chi connectivity index (χ3n) is 2.74. The van der Waals surface area contributed by atoms with Crippen LogP contribution >= 0.6 is 0 Å². The third-order valence-corrected chi connectivity index (χ3v) is 2.74. The van der Waals surface area contributed by atoms with Crippen LogP contribution in [0.3, 0.4) is 0 Å². The molecule has 1 aliphatic heterocycles. The highest BCUT2D eigenvalue weighted by Crippen LogP contribution is 2.29. The second-order valence-corrected chi connectivity index (χ2v) is 3.94. The van der Waals surface area contributed by atoms with Crippen molar-refractivity contribution in [1.29, 1.82) is 0 Å². The molecule has 0 aromatic rings. The fourth-order valence-electron chi connectivity index (χ4n) is 1.74.